The van der Waals surface area contributed by atoms with Crippen molar-refractivity contribution in [2.45, 2.75) is 20.8 Å². The van der Waals surface area contributed by atoms with Crippen LogP contribution in [0.2, 0.25) is 5.02 Å². The molecule has 1 aromatic rings. The highest BCUT2D eigenvalue weighted by atomic mass is 79.9. The minimum atomic E-state index is 0.508. The van der Waals surface area contributed by atoms with E-state index in [1.807, 2.05) is 19.1 Å². The molecule has 0 atom stereocenters. The van der Waals surface area contributed by atoms with Crippen LogP contribution in [0.25, 0.3) is 0 Å². The van der Waals surface area contributed by atoms with E-state index < -0.39 is 0 Å². The number of rotatable bonds is 3. The number of benzene rings is 1. The minimum absolute atomic E-state index is 0.508. The lowest BCUT2D eigenvalue weighted by molar-refractivity contribution is 0.269. The van der Waals surface area contributed by atoms with Crippen molar-refractivity contribution < 1.29 is 4.74 Å². The third-order valence-corrected chi connectivity index (χ3v) is 2.49. The van der Waals surface area contributed by atoms with Gasteiger partial charge >= 0.3 is 0 Å². The van der Waals surface area contributed by atoms with E-state index in [1.165, 1.54) is 0 Å². The molecule has 0 aromatic heterocycles. The number of aryl methyl sites for hydroxylation is 1. The highest BCUT2D eigenvalue weighted by Crippen LogP contribution is 2.32. The van der Waals surface area contributed by atoms with E-state index in [-0.39, 0.29) is 0 Å². The Balaban J connectivity index is 2.86. The Labute approximate surface area is 98.5 Å². The predicted octanol–water partition coefficient (Wildman–Crippen LogP) is 4.45. The van der Waals surface area contributed by atoms with Crippen molar-refractivity contribution in [2.24, 2.45) is 5.92 Å². The number of ether oxygens (including phenoxy) is 1. The molecule has 14 heavy (non-hydrogen) atoms. The Bertz CT molecular complexity index is 300. The van der Waals surface area contributed by atoms with E-state index in [2.05, 4.69) is 29.8 Å². The van der Waals surface area contributed by atoms with Gasteiger partial charge in [-0.05, 0) is 30.5 Å². The molecular formula is C11H14BrClO. The molecule has 0 heterocycles. The summed E-state index contributed by atoms with van der Waals surface area (Å²) in [6, 6.07) is 3.85. The van der Waals surface area contributed by atoms with Crippen LogP contribution in [0.15, 0.2) is 16.6 Å². The predicted molar refractivity (Wildman–Crippen MR) is 64.2 cm³/mol. The molecule has 0 saturated heterocycles. The molecule has 0 aliphatic heterocycles. The molecule has 0 fully saturated rings. The average molecular weight is 278 g/mol. The third kappa shape index (κ3) is 3.18. The largest absolute Gasteiger partial charge is 0.491 e. The van der Waals surface area contributed by atoms with E-state index in [4.69, 9.17) is 16.3 Å². The second-order valence-electron chi connectivity index (χ2n) is 3.74. The molecule has 78 valence electrons. The lowest BCUT2D eigenvalue weighted by atomic mass is 10.2. The first-order valence-electron chi connectivity index (χ1n) is 4.59. The van der Waals surface area contributed by atoms with E-state index in [0.29, 0.717) is 17.5 Å². The summed E-state index contributed by atoms with van der Waals surface area (Å²) in [6.07, 6.45) is 0. The molecule has 0 spiro atoms. The fraction of sp³-hybridized carbons (Fsp3) is 0.455. The van der Waals surface area contributed by atoms with Crippen LogP contribution in [0.5, 0.6) is 5.75 Å². The van der Waals surface area contributed by atoms with Crippen molar-refractivity contribution >= 4 is 27.5 Å². The van der Waals surface area contributed by atoms with Crippen LogP contribution < -0.4 is 4.74 Å². The Morgan fingerprint density at radius 2 is 2.07 bits per heavy atom. The van der Waals surface area contributed by atoms with E-state index in [9.17, 15) is 0 Å². The summed E-state index contributed by atoms with van der Waals surface area (Å²) in [7, 11) is 0. The van der Waals surface area contributed by atoms with Gasteiger partial charge in [0.05, 0.1) is 11.6 Å². The van der Waals surface area contributed by atoms with Crippen LogP contribution in [-0.2, 0) is 0 Å². The quantitative estimate of drug-likeness (QED) is 0.793. The molecular weight excluding hydrogens is 263 g/mol. The number of hydrogen-bond donors (Lipinski definition) is 0. The Morgan fingerprint density at radius 1 is 1.43 bits per heavy atom. The van der Waals surface area contributed by atoms with Crippen molar-refractivity contribution in [2.75, 3.05) is 6.61 Å². The van der Waals surface area contributed by atoms with Crippen molar-refractivity contribution in [3.63, 3.8) is 0 Å². The van der Waals surface area contributed by atoms with Gasteiger partial charge in [-0.3, -0.25) is 0 Å². The molecule has 0 N–H and O–H groups in total. The third-order valence-electron chi connectivity index (χ3n) is 1.76. The van der Waals surface area contributed by atoms with Gasteiger partial charge in [-0.15, -0.1) is 0 Å². The van der Waals surface area contributed by atoms with Crippen molar-refractivity contribution in [3.8, 4) is 5.75 Å². The highest BCUT2D eigenvalue weighted by Gasteiger charge is 2.07. The summed E-state index contributed by atoms with van der Waals surface area (Å²) in [6.45, 7) is 6.92. The molecule has 0 aliphatic rings. The Kier molecular flexibility index (Phi) is 4.27. The standard InChI is InChI=1S/C11H14BrClO/c1-7(2)6-14-11-8(3)4-9(12)5-10(11)13/h4-5,7H,6H2,1-3H3. The Morgan fingerprint density at radius 3 is 2.57 bits per heavy atom. The molecule has 1 nitrogen and oxygen atoms in total. The molecule has 1 rings (SSSR count). The van der Waals surface area contributed by atoms with Gasteiger partial charge in [-0.1, -0.05) is 41.4 Å². The summed E-state index contributed by atoms with van der Waals surface area (Å²) in [4.78, 5) is 0. The minimum Gasteiger partial charge on any atom is -0.491 e. The summed E-state index contributed by atoms with van der Waals surface area (Å²) in [5.74, 6) is 1.30. The average Bonchev–Trinajstić information content (AvgIpc) is 2.01. The number of halogens is 2. The van der Waals surface area contributed by atoms with Crippen LogP contribution >= 0.6 is 27.5 Å². The first-order valence-corrected chi connectivity index (χ1v) is 5.76. The fourth-order valence-corrected chi connectivity index (χ4v) is 2.15. The molecule has 1 aromatic carbocycles. The van der Waals surface area contributed by atoms with Gasteiger partial charge in [0.25, 0.3) is 0 Å². The van der Waals surface area contributed by atoms with Gasteiger partial charge in [0, 0.05) is 4.47 Å². The molecule has 0 unspecified atom stereocenters. The second-order valence-corrected chi connectivity index (χ2v) is 5.06. The van der Waals surface area contributed by atoms with Crippen LogP contribution in [0, 0.1) is 12.8 Å². The maximum atomic E-state index is 6.06. The van der Waals surface area contributed by atoms with Gasteiger partial charge in [-0.2, -0.15) is 0 Å². The Hall–Kier alpha value is -0.210. The van der Waals surface area contributed by atoms with Gasteiger partial charge < -0.3 is 4.74 Å². The molecule has 0 bridgehead atoms. The van der Waals surface area contributed by atoms with Crippen molar-refractivity contribution in [1.82, 2.24) is 0 Å². The monoisotopic (exact) mass is 276 g/mol. The van der Waals surface area contributed by atoms with E-state index >= 15 is 0 Å². The first-order chi connectivity index (χ1) is 6.50. The summed E-state index contributed by atoms with van der Waals surface area (Å²) < 4.78 is 6.61. The summed E-state index contributed by atoms with van der Waals surface area (Å²) in [5.41, 5.74) is 1.06. The van der Waals surface area contributed by atoms with Gasteiger partial charge in [0.1, 0.15) is 5.75 Å². The highest BCUT2D eigenvalue weighted by molar-refractivity contribution is 9.10. The summed E-state index contributed by atoms with van der Waals surface area (Å²) in [5, 5.41) is 0.664. The van der Waals surface area contributed by atoms with Crippen LogP contribution in [-0.4, -0.2) is 6.61 Å². The lowest BCUT2D eigenvalue weighted by Crippen LogP contribution is -2.05. The molecule has 0 aliphatic carbocycles. The fourth-order valence-electron chi connectivity index (χ4n) is 1.12. The van der Waals surface area contributed by atoms with Gasteiger partial charge in [0.2, 0.25) is 0 Å². The molecule has 3 heteroatoms. The van der Waals surface area contributed by atoms with Crippen molar-refractivity contribution in [3.05, 3.63) is 27.2 Å². The zero-order chi connectivity index (χ0) is 10.7. The molecule has 0 radical (unpaired) electrons. The lowest BCUT2D eigenvalue weighted by Gasteiger charge is -2.13. The topological polar surface area (TPSA) is 9.23 Å². The van der Waals surface area contributed by atoms with Gasteiger partial charge in [-0.25, -0.2) is 0 Å². The van der Waals surface area contributed by atoms with Crippen LogP contribution in [0.3, 0.4) is 0 Å². The summed E-state index contributed by atoms with van der Waals surface area (Å²) >= 11 is 9.45. The first kappa shape index (κ1) is 11.9. The van der Waals surface area contributed by atoms with E-state index in [1.54, 1.807) is 0 Å². The maximum Gasteiger partial charge on any atom is 0.140 e. The SMILES string of the molecule is Cc1cc(Br)cc(Cl)c1OCC(C)C. The van der Waals surface area contributed by atoms with Crippen molar-refractivity contribution in [1.29, 1.82) is 0 Å². The normalized spacial score (nSPS) is 10.7. The smallest absolute Gasteiger partial charge is 0.140 e. The maximum absolute atomic E-state index is 6.06. The second kappa shape index (κ2) is 5.04. The molecule has 0 saturated carbocycles. The zero-order valence-corrected chi connectivity index (χ0v) is 10.9. The van der Waals surface area contributed by atoms with Gasteiger partial charge in [0.15, 0.2) is 0 Å². The van der Waals surface area contributed by atoms with Crippen LogP contribution in [0.4, 0.5) is 0 Å². The number of hydrogen-bond acceptors (Lipinski definition) is 1. The molecule has 0 amide bonds. The van der Waals surface area contributed by atoms with Crippen LogP contribution in [0.1, 0.15) is 19.4 Å². The van der Waals surface area contributed by atoms with E-state index in [0.717, 1.165) is 15.8 Å². The zero-order valence-electron chi connectivity index (χ0n) is 8.60.